The highest BCUT2D eigenvalue weighted by Crippen LogP contribution is 2.36. The number of hydrogen-bond acceptors (Lipinski definition) is 1. The fourth-order valence-electron chi connectivity index (χ4n) is 1.94. The van der Waals surface area contributed by atoms with Crippen LogP contribution in [0.1, 0.15) is 30.9 Å². The number of benzene rings is 1. The number of hydrogen-bond donors (Lipinski definition) is 0. The summed E-state index contributed by atoms with van der Waals surface area (Å²) in [5, 5.41) is 0. The Kier molecular flexibility index (Phi) is 2.29. The molecule has 80 valence electrons. The van der Waals surface area contributed by atoms with Gasteiger partial charge in [0, 0.05) is 30.4 Å². The van der Waals surface area contributed by atoms with Gasteiger partial charge in [-0.25, -0.2) is 4.39 Å². The summed E-state index contributed by atoms with van der Waals surface area (Å²) in [6, 6.07) is 3.72. The smallest absolute Gasteiger partial charge is 0.129 e. The van der Waals surface area contributed by atoms with E-state index >= 15 is 0 Å². The Bertz CT molecular complexity index is 421. The predicted octanol–water partition coefficient (Wildman–Crippen LogP) is 3.46. The molecule has 1 aliphatic heterocycles. The zero-order valence-electron chi connectivity index (χ0n) is 9.47. The van der Waals surface area contributed by atoms with E-state index in [-0.39, 0.29) is 5.82 Å². The highest BCUT2D eigenvalue weighted by molar-refractivity contribution is 5.65. The SMILES string of the molecule is C=C1Cc2c(F)cc(C(C)C)cc2N1C. The Labute approximate surface area is 90.2 Å². The molecule has 1 aromatic carbocycles. The molecule has 0 aromatic heterocycles. The van der Waals surface area contributed by atoms with E-state index in [9.17, 15) is 4.39 Å². The maximum absolute atomic E-state index is 13.8. The third kappa shape index (κ3) is 1.54. The molecule has 0 atom stereocenters. The highest BCUT2D eigenvalue weighted by Gasteiger charge is 2.23. The minimum atomic E-state index is -0.0956. The maximum atomic E-state index is 13.8. The standard InChI is InChI=1S/C13H16FN/c1-8(2)10-6-12(14)11-5-9(3)15(4)13(11)7-10/h6-8H,3,5H2,1-2,4H3. The Hall–Kier alpha value is -1.31. The third-order valence-electron chi connectivity index (χ3n) is 3.08. The van der Waals surface area contributed by atoms with Gasteiger partial charge in [0.2, 0.25) is 0 Å². The molecule has 15 heavy (non-hydrogen) atoms. The molecule has 0 saturated carbocycles. The van der Waals surface area contributed by atoms with Gasteiger partial charge >= 0.3 is 0 Å². The molecule has 2 rings (SSSR count). The van der Waals surface area contributed by atoms with Gasteiger partial charge in [-0.05, 0) is 23.6 Å². The lowest BCUT2D eigenvalue weighted by Gasteiger charge is -2.15. The van der Waals surface area contributed by atoms with E-state index in [4.69, 9.17) is 0 Å². The second-order valence-corrected chi connectivity index (χ2v) is 4.46. The Morgan fingerprint density at radius 2 is 2.07 bits per heavy atom. The molecule has 0 bridgehead atoms. The lowest BCUT2D eigenvalue weighted by Crippen LogP contribution is -2.10. The fourth-order valence-corrected chi connectivity index (χ4v) is 1.94. The van der Waals surface area contributed by atoms with Gasteiger partial charge in [-0.2, -0.15) is 0 Å². The molecule has 0 spiro atoms. The van der Waals surface area contributed by atoms with Crippen molar-refractivity contribution in [3.8, 4) is 0 Å². The first-order chi connectivity index (χ1) is 7.00. The highest BCUT2D eigenvalue weighted by atomic mass is 19.1. The molecule has 0 unspecified atom stereocenters. The van der Waals surface area contributed by atoms with Crippen LogP contribution in [0, 0.1) is 5.82 Å². The predicted molar refractivity (Wildman–Crippen MR) is 61.7 cm³/mol. The average molecular weight is 205 g/mol. The minimum Gasteiger partial charge on any atom is -0.348 e. The van der Waals surface area contributed by atoms with Crippen molar-refractivity contribution in [3.63, 3.8) is 0 Å². The molecular formula is C13H16FN. The van der Waals surface area contributed by atoms with E-state index in [1.807, 2.05) is 11.9 Å². The topological polar surface area (TPSA) is 3.24 Å². The zero-order chi connectivity index (χ0) is 11.2. The average Bonchev–Trinajstić information content (AvgIpc) is 2.45. The summed E-state index contributed by atoms with van der Waals surface area (Å²) in [6.07, 6.45) is 0.635. The second-order valence-electron chi connectivity index (χ2n) is 4.46. The van der Waals surface area contributed by atoms with Crippen molar-refractivity contribution in [1.29, 1.82) is 0 Å². The molecule has 1 nitrogen and oxygen atoms in total. The number of rotatable bonds is 1. The summed E-state index contributed by atoms with van der Waals surface area (Å²) < 4.78 is 13.8. The van der Waals surface area contributed by atoms with Crippen molar-refractivity contribution >= 4 is 5.69 Å². The Morgan fingerprint density at radius 3 is 2.67 bits per heavy atom. The van der Waals surface area contributed by atoms with Crippen molar-refractivity contribution in [2.24, 2.45) is 0 Å². The molecule has 0 radical (unpaired) electrons. The van der Waals surface area contributed by atoms with E-state index in [1.165, 1.54) is 0 Å². The third-order valence-corrected chi connectivity index (χ3v) is 3.08. The molecule has 0 aliphatic carbocycles. The number of allylic oxidation sites excluding steroid dienone is 1. The van der Waals surface area contributed by atoms with E-state index in [0.29, 0.717) is 12.3 Å². The van der Waals surface area contributed by atoms with Gasteiger partial charge in [0.1, 0.15) is 5.82 Å². The van der Waals surface area contributed by atoms with Crippen LogP contribution in [0.3, 0.4) is 0 Å². The van der Waals surface area contributed by atoms with E-state index in [2.05, 4.69) is 26.5 Å². The number of anilines is 1. The largest absolute Gasteiger partial charge is 0.348 e. The van der Waals surface area contributed by atoms with E-state index < -0.39 is 0 Å². The van der Waals surface area contributed by atoms with E-state index in [0.717, 1.165) is 22.5 Å². The van der Waals surface area contributed by atoms with Gasteiger partial charge in [0.05, 0.1) is 0 Å². The molecule has 1 aromatic rings. The summed E-state index contributed by atoms with van der Waals surface area (Å²) >= 11 is 0. The summed E-state index contributed by atoms with van der Waals surface area (Å²) in [7, 11) is 1.94. The number of nitrogens with zero attached hydrogens (tertiary/aromatic N) is 1. The van der Waals surface area contributed by atoms with Crippen molar-refractivity contribution < 1.29 is 4.39 Å². The zero-order valence-corrected chi connectivity index (χ0v) is 9.47. The first-order valence-corrected chi connectivity index (χ1v) is 5.24. The lowest BCUT2D eigenvalue weighted by molar-refractivity contribution is 0.613. The molecule has 1 heterocycles. The molecule has 0 amide bonds. The number of fused-ring (bicyclic) bond motifs is 1. The van der Waals surface area contributed by atoms with Crippen molar-refractivity contribution in [3.05, 3.63) is 41.4 Å². The first-order valence-electron chi connectivity index (χ1n) is 5.24. The fraction of sp³-hybridized carbons (Fsp3) is 0.385. The number of halogens is 1. The van der Waals surface area contributed by atoms with Crippen molar-refractivity contribution in [1.82, 2.24) is 0 Å². The minimum absolute atomic E-state index is 0.0956. The Morgan fingerprint density at radius 1 is 1.40 bits per heavy atom. The summed E-state index contributed by atoms with van der Waals surface area (Å²) in [4.78, 5) is 1.98. The molecule has 2 heteroatoms. The van der Waals surface area contributed by atoms with E-state index in [1.54, 1.807) is 6.07 Å². The van der Waals surface area contributed by atoms with Crippen LogP contribution in [0.4, 0.5) is 10.1 Å². The quantitative estimate of drug-likeness (QED) is 0.678. The van der Waals surface area contributed by atoms with Crippen LogP contribution in [-0.4, -0.2) is 7.05 Å². The van der Waals surface area contributed by atoms with Crippen LogP contribution in [0.2, 0.25) is 0 Å². The monoisotopic (exact) mass is 205 g/mol. The van der Waals surface area contributed by atoms with Crippen LogP contribution in [0.15, 0.2) is 24.4 Å². The van der Waals surface area contributed by atoms with Gasteiger partial charge in [-0.3, -0.25) is 0 Å². The molecule has 0 N–H and O–H groups in total. The van der Waals surface area contributed by atoms with Crippen LogP contribution in [0.5, 0.6) is 0 Å². The number of likely N-dealkylation sites (N-methyl/N-ethyl adjacent to an activating group) is 1. The van der Waals surface area contributed by atoms with Crippen LogP contribution in [-0.2, 0) is 6.42 Å². The summed E-state index contributed by atoms with van der Waals surface area (Å²) in [6.45, 7) is 8.07. The van der Waals surface area contributed by atoms with Gasteiger partial charge in [0.25, 0.3) is 0 Å². The van der Waals surface area contributed by atoms with Gasteiger partial charge in [-0.15, -0.1) is 0 Å². The summed E-state index contributed by atoms with van der Waals surface area (Å²) in [5.41, 5.74) is 3.77. The van der Waals surface area contributed by atoms with Gasteiger partial charge in [0.15, 0.2) is 0 Å². The summed E-state index contributed by atoms with van der Waals surface area (Å²) in [5.74, 6) is 0.258. The lowest BCUT2D eigenvalue weighted by atomic mass is 10.00. The Balaban J connectivity index is 2.57. The molecule has 0 saturated heterocycles. The van der Waals surface area contributed by atoms with Gasteiger partial charge in [-0.1, -0.05) is 20.4 Å². The molecule has 0 fully saturated rings. The van der Waals surface area contributed by atoms with Gasteiger partial charge < -0.3 is 4.90 Å². The second kappa shape index (κ2) is 3.37. The van der Waals surface area contributed by atoms with Crippen LogP contribution < -0.4 is 4.90 Å². The van der Waals surface area contributed by atoms with Crippen LogP contribution in [0.25, 0.3) is 0 Å². The van der Waals surface area contributed by atoms with Crippen LogP contribution >= 0.6 is 0 Å². The van der Waals surface area contributed by atoms with Crippen molar-refractivity contribution in [2.45, 2.75) is 26.2 Å². The molecular weight excluding hydrogens is 189 g/mol. The first kappa shape index (κ1) is 10.2. The van der Waals surface area contributed by atoms with Crippen molar-refractivity contribution in [2.75, 3.05) is 11.9 Å². The maximum Gasteiger partial charge on any atom is 0.129 e. The normalized spacial score (nSPS) is 15.0. The molecule has 1 aliphatic rings.